The third-order valence-electron chi connectivity index (χ3n) is 3.63. The molecule has 0 atom stereocenters. The monoisotopic (exact) mass is 300 g/mol. The van der Waals surface area contributed by atoms with Crippen molar-refractivity contribution in [2.45, 2.75) is 39.2 Å². The zero-order chi connectivity index (χ0) is 14.8. The van der Waals surface area contributed by atoms with Crippen molar-refractivity contribution in [1.82, 2.24) is 9.78 Å². The highest BCUT2D eigenvalue weighted by atomic mass is 32.1. The fourth-order valence-electron chi connectivity index (χ4n) is 2.60. The maximum Gasteiger partial charge on any atom is 0.226 e. The topological polar surface area (TPSA) is 70.7 Å². The van der Waals surface area contributed by atoms with E-state index in [0.717, 1.165) is 30.5 Å². The van der Waals surface area contributed by atoms with Gasteiger partial charge in [-0.05, 0) is 37.8 Å². The van der Waals surface area contributed by atoms with E-state index in [1.54, 1.807) is 16.0 Å². The molecule has 6 heteroatoms. The van der Waals surface area contributed by atoms with Gasteiger partial charge in [0, 0.05) is 24.0 Å². The number of nitrogens with one attached hydrogen (secondary N) is 1. The molecule has 108 valence electrons. The van der Waals surface area contributed by atoms with Crippen LogP contribution in [0.1, 0.15) is 34.5 Å². The number of carbonyl (C=O) groups is 1. The van der Waals surface area contributed by atoms with Gasteiger partial charge in [-0.2, -0.15) is 10.4 Å². The molecule has 0 radical (unpaired) electrons. The average Bonchev–Trinajstić information content (AvgIpc) is 3.12. The maximum atomic E-state index is 12.0. The van der Waals surface area contributed by atoms with Crippen molar-refractivity contribution in [3.05, 3.63) is 34.0 Å². The van der Waals surface area contributed by atoms with Crippen LogP contribution in [0.25, 0.3) is 0 Å². The highest BCUT2D eigenvalue weighted by Gasteiger charge is 2.22. The zero-order valence-corrected chi connectivity index (χ0v) is 12.7. The maximum absolute atomic E-state index is 12.0. The van der Waals surface area contributed by atoms with E-state index in [2.05, 4.69) is 16.5 Å². The van der Waals surface area contributed by atoms with Crippen LogP contribution in [0.5, 0.6) is 0 Å². The van der Waals surface area contributed by atoms with Crippen molar-refractivity contribution in [2.75, 3.05) is 5.32 Å². The number of anilines is 1. The molecule has 1 amide bonds. The molecule has 5 nitrogen and oxygen atoms in total. The predicted octanol–water partition coefficient (Wildman–Crippen LogP) is 2.64. The third-order valence-corrected chi connectivity index (χ3v) is 4.84. The minimum absolute atomic E-state index is 0.0698. The number of nitrogens with zero attached hydrogens (tertiary/aromatic N) is 3. The molecule has 3 rings (SSSR count). The van der Waals surface area contributed by atoms with Crippen LogP contribution in [0.4, 0.5) is 5.00 Å². The first-order valence-corrected chi connectivity index (χ1v) is 7.83. The molecule has 0 saturated carbocycles. The second-order valence-electron chi connectivity index (χ2n) is 5.19. The molecule has 1 aliphatic rings. The van der Waals surface area contributed by atoms with E-state index >= 15 is 0 Å². The molecule has 0 bridgehead atoms. The van der Waals surface area contributed by atoms with Crippen LogP contribution in [0, 0.1) is 18.3 Å². The molecule has 0 fully saturated rings. The van der Waals surface area contributed by atoms with Crippen molar-refractivity contribution in [3.8, 4) is 6.07 Å². The zero-order valence-electron chi connectivity index (χ0n) is 11.8. The van der Waals surface area contributed by atoms with E-state index in [0.29, 0.717) is 23.5 Å². The molecule has 1 N–H and O–H groups in total. The minimum atomic E-state index is -0.0698. The molecule has 0 aliphatic heterocycles. The second kappa shape index (κ2) is 5.70. The predicted molar refractivity (Wildman–Crippen MR) is 81.3 cm³/mol. The minimum Gasteiger partial charge on any atom is -0.317 e. The Morgan fingerprint density at radius 3 is 3.14 bits per heavy atom. The summed E-state index contributed by atoms with van der Waals surface area (Å²) in [4.78, 5) is 13.3. The summed E-state index contributed by atoms with van der Waals surface area (Å²) in [5.74, 6) is -0.0698. The summed E-state index contributed by atoms with van der Waals surface area (Å²) >= 11 is 1.55. The lowest BCUT2D eigenvalue weighted by Gasteiger charge is -2.04. The Morgan fingerprint density at radius 2 is 2.43 bits per heavy atom. The van der Waals surface area contributed by atoms with Crippen molar-refractivity contribution in [2.24, 2.45) is 0 Å². The lowest BCUT2D eigenvalue weighted by molar-refractivity contribution is -0.116. The fraction of sp³-hybridized carbons (Fsp3) is 0.400. The van der Waals surface area contributed by atoms with Crippen LogP contribution in [-0.2, 0) is 24.2 Å². The fourth-order valence-corrected chi connectivity index (χ4v) is 3.86. The first kappa shape index (κ1) is 13.8. The average molecular weight is 300 g/mol. The highest BCUT2D eigenvalue weighted by Crippen LogP contribution is 2.38. The standard InChI is InChI=1S/C15H16N4OS/c1-10-5-7-19(18-10)8-6-14(20)17-15-12(9-16)11-3-2-4-13(11)21-15/h5,7H,2-4,6,8H2,1H3,(H,17,20). The highest BCUT2D eigenvalue weighted by molar-refractivity contribution is 7.16. The molecule has 0 spiro atoms. The molecule has 21 heavy (non-hydrogen) atoms. The van der Waals surface area contributed by atoms with E-state index in [4.69, 9.17) is 0 Å². The van der Waals surface area contributed by atoms with Gasteiger partial charge in [0.05, 0.1) is 11.3 Å². The summed E-state index contributed by atoms with van der Waals surface area (Å²) in [5.41, 5.74) is 2.74. The Labute approximate surface area is 127 Å². The first-order chi connectivity index (χ1) is 10.2. The lowest BCUT2D eigenvalue weighted by Crippen LogP contribution is -2.14. The number of aromatic nitrogens is 2. The van der Waals surface area contributed by atoms with E-state index in [9.17, 15) is 10.1 Å². The quantitative estimate of drug-likeness (QED) is 0.943. The summed E-state index contributed by atoms with van der Waals surface area (Å²) in [7, 11) is 0. The van der Waals surface area contributed by atoms with Crippen LogP contribution in [0.3, 0.4) is 0 Å². The molecule has 0 aromatic carbocycles. The first-order valence-electron chi connectivity index (χ1n) is 7.02. The van der Waals surface area contributed by atoms with Gasteiger partial charge in [-0.15, -0.1) is 11.3 Å². The van der Waals surface area contributed by atoms with Crippen LogP contribution in [-0.4, -0.2) is 15.7 Å². The Bertz CT molecular complexity index is 723. The van der Waals surface area contributed by atoms with Gasteiger partial charge < -0.3 is 5.32 Å². The van der Waals surface area contributed by atoms with Crippen molar-refractivity contribution in [3.63, 3.8) is 0 Å². The van der Waals surface area contributed by atoms with Gasteiger partial charge in [0.1, 0.15) is 11.1 Å². The largest absolute Gasteiger partial charge is 0.317 e. The summed E-state index contributed by atoms with van der Waals surface area (Å²) < 4.78 is 1.76. The summed E-state index contributed by atoms with van der Waals surface area (Å²) in [6, 6.07) is 4.15. The number of aryl methyl sites for hydroxylation is 3. The molecule has 2 aromatic rings. The molecule has 0 unspecified atom stereocenters. The van der Waals surface area contributed by atoms with Gasteiger partial charge in [-0.3, -0.25) is 9.48 Å². The third kappa shape index (κ3) is 2.83. The van der Waals surface area contributed by atoms with Gasteiger partial charge in [0.25, 0.3) is 0 Å². The number of rotatable bonds is 4. The Morgan fingerprint density at radius 1 is 1.57 bits per heavy atom. The van der Waals surface area contributed by atoms with Gasteiger partial charge in [-0.25, -0.2) is 0 Å². The summed E-state index contributed by atoms with van der Waals surface area (Å²) in [5, 5.41) is 17.1. The molecule has 1 aliphatic carbocycles. The van der Waals surface area contributed by atoms with Crippen molar-refractivity contribution in [1.29, 1.82) is 5.26 Å². The van der Waals surface area contributed by atoms with E-state index < -0.39 is 0 Å². The number of thiophene rings is 1. The SMILES string of the molecule is Cc1ccn(CCC(=O)Nc2sc3c(c2C#N)CCC3)n1. The number of nitriles is 1. The van der Waals surface area contributed by atoms with Gasteiger partial charge in [0.15, 0.2) is 0 Å². The molecule has 2 aromatic heterocycles. The van der Waals surface area contributed by atoms with Crippen LogP contribution in [0.2, 0.25) is 0 Å². The molecular formula is C15H16N4OS. The normalized spacial score (nSPS) is 13.0. The summed E-state index contributed by atoms with van der Waals surface area (Å²) in [6.07, 6.45) is 5.31. The number of carbonyl (C=O) groups excluding carboxylic acids is 1. The number of amides is 1. The number of hydrogen-bond donors (Lipinski definition) is 1. The van der Waals surface area contributed by atoms with Crippen LogP contribution in [0.15, 0.2) is 12.3 Å². The van der Waals surface area contributed by atoms with Crippen molar-refractivity contribution >= 4 is 22.2 Å². The summed E-state index contributed by atoms with van der Waals surface area (Å²) in [6.45, 7) is 2.47. The number of fused-ring (bicyclic) bond motifs is 1. The number of hydrogen-bond acceptors (Lipinski definition) is 4. The Hall–Kier alpha value is -2.13. The van der Waals surface area contributed by atoms with E-state index in [1.165, 1.54) is 4.88 Å². The second-order valence-corrected chi connectivity index (χ2v) is 6.30. The molecule has 0 saturated heterocycles. The van der Waals surface area contributed by atoms with Gasteiger partial charge in [0.2, 0.25) is 5.91 Å². The Balaban J connectivity index is 1.64. The van der Waals surface area contributed by atoms with E-state index in [-0.39, 0.29) is 5.91 Å². The molecule has 2 heterocycles. The van der Waals surface area contributed by atoms with Gasteiger partial charge in [-0.1, -0.05) is 0 Å². The lowest BCUT2D eigenvalue weighted by atomic mass is 10.1. The van der Waals surface area contributed by atoms with Crippen LogP contribution >= 0.6 is 11.3 Å². The Kier molecular flexibility index (Phi) is 3.76. The van der Waals surface area contributed by atoms with E-state index in [1.807, 2.05) is 19.2 Å². The smallest absolute Gasteiger partial charge is 0.226 e. The molecular weight excluding hydrogens is 284 g/mol. The van der Waals surface area contributed by atoms with Crippen LogP contribution < -0.4 is 5.32 Å². The van der Waals surface area contributed by atoms with Crippen molar-refractivity contribution < 1.29 is 4.79 Å². The van der Waals surface area contributed by atoms with Gasteiger partial charge >= 0.3 is 0 Å².